The molecule has 1 aliphatic rings. The maximum atomic E-state index is 13.0. The summed E-state index contributed by atoms with van der Waals surface area (Å²) < 4.78 is 9.35. The quantitative estimate of drug-likeness (QED) is 0.465. The van der Waals surface area contributed by atoms with Gasteiger partial charge < -0.3 is 14.5 Å². The Kier molecular flexibility index (Phi) is 7.26. The third-order valence-corrected chi connectivity index (χ3v) is 6.88. The molecule has 4 rings (SSSR count). The lowest BCUT2D eigenvalue weighted by Gasteiger charge is -2.34. The van der Waals surface area contributed by atoms with E-state index in [0.717, 1.165) is 24.8 Å². The molecule has 1 saturated heterocycles. The highest BCUT2D eigenvalue weighted by molar-refractivity contribution is 7.17. The first-order valence-electron chi connectivity index (χ1n) is 11.6. The van der Waals surface area contributed by atoms with Gasteiger partial charge >= 0.3 is 6.09 Å². The number of hydrogen-bond acceptors (Lipinski definition) is 7. The van der Waals surface area contributed by atoms with Gasteiger partial charge in [0, 0.05) is 45.6 Å². The van der Waals surface area contributed by atoms with Crippen molar-refractivity contribution in [1.82, 2.24) is 29.0 Å². The maximum absolute atomic E-state index is 13.0. The Balaban J connectivity index is 1.48. The molecular weight excluding hydrogens is 444 g/mol. The zero-order valence-electron chi connectivity index (χ0n) is 19.2. The summed E-state index contributed by atoms with van der Waals surface area (Å²) in [6.45, 7) is 6.77. The Morgan fingerprint density at radius 2 is 1.85 bits per heavy atom. The SMILES string of the molecule is CCCCCn1c(=O)c2sccc2n2c(CCC(=O)N3CCN(C(=O)OCC)CC3)nnc12. The van der Waals surface area contributed by atoms with E-state index in [-0.39, 0.29) is 17.6 Å². The van der Waals surface area contributed by atoms with Crippen molar-refractivity contribution in [1.29, 1.82) is 0 Å². The number of ether oxygens (including phenoxy) is 1. The largest absolute Gasteiger partial charge is 0.450 e. The van der Waals surface area contributed by atoms with Crippen molar-refractivity contribution in [2.75, 3.05) is 32.8 Å². The standard InChI is InChI=1S/C22H30N6O4S/c1-3-5-6-10-27-20(30)19-16(9-15-33-19)28-17(23-24-21(27)28)7-8-18(29)25-11-13-26(14-12-25)22(31)32-4-2/h9,15H,3-8,10-14H2,1-2H3. The lowest BCUT2D eigenvalue weighted by atomic mass is 10.2. The number of carbonyl (C=O) groups excluding carboxylic acids is 2. The number of aryl methyl sites for hydroxylation is 2. The predicted octanol–water partition coefficient (Wildman–Crippen LogP) is 2.53. The van der Waals surface area contributed by atoms with Crippen LogP contribution in [0.5, 0.6) is 0 Å². The van der Waals surface area contributed by atoms with Crippen LogP contribution in [0.25, 0.3) is 16.0 Å². The van der Waals surface area contributed by atoms with Crippen LogP contribution in [0.2, 0.25) is 0 Å². The van der Waals surface area contributed by atoms with Gasteiger partial charge in [0.25, 0.3) is 5.56 Å². The van der Waals surface area contributed by atoms with E-state index in [1.165, 1.54) is 11.3 Å². The van der Waals surface area contributed by atoms with Gasteiger partial charge in [-0.15, -0.1) is 21.5 Å². The number of thiophene rings is 1. The Hall–Kier alpha value is -2.95. The fourth-order valence-electron chi connectivity index (χ4n) is 4.19. The second-order valence-electron chi connectivity index (χ2n) is 8.12. The first-order chi connectivity index (χ1) is 16.0. The van der Waals surface area contributed by atoms with E-state index in [4.69, 9.17) is 4.74 Å². The van der Waals surface area contributed by atoms with Gasteiger partial charge in [0.2, 0.25) is 11.7 Å². The number of amides is 2. The average Bonchev–Trinajstić information content (AvgIpc) is 3.47. The number of aromatic nitrogens is 4. The number of piperazine rings is 1. The van der Waals surface area contributed by atoms with E-state index in [2.05, 4.69) is 17.1 Å². The average molecular weight is 475 g/mol. The highest BCUT2D eigenvalue weighted by atomic mass is 32.1. The molecule has 2 amide bonds. The minimum atomic E-state index is -0.329. The van der Waals surface area contributed by atoms with Crippen molar-refractivity contribution in [2.24, 2.45) is 0 Å². The molecular formula is C22H30N6O4S. The first kappa shape index (κ1) is 23.2. The highest BCUT2D eigenvalue weighted by Crippen LogP contribution is 2.21. The van der Waals surface area contributed by atoms with E-state index in [1.54, 1.807) is 21.3 Å². The number of nitrogens with zero attached hydrogens (tertiary/aromatic N) is 6. The molecule has 0 unspecified atom stereocenters. The monoisotopic (exact) mass is 474 g/mol. The molecule has 178 valence electrons. The molecule has 1 aliphatic heterocycles. The molecule has 1 fully saturated rings. The van der Waals surface area contributed by atoms with Gasteiger partial charge in [-0.2, -0.15) is 0 Å². The minimum Gasteiger partial charge on any atom is -0.450 e. The first-order valence-corrected chi connectivity index (χ1v) is 12.5. The number of rotatable bonds is 8. The van der Waals surface area contributed by atoms with Crippen LogP contribution in [0.15, 0.2) is 16.2 Å². The second kappa shape index (κ2) is 10.3. The van der Waals surface area contributed by atoms with Crippen molar-refractivity contribution in [3.05, 3.63) is 27.6 Å². The molecule has 0 radical (unpaired) electrons. The summed E-state index contributed by atoms with van der Waals surface area (Å²) in [7, 11) is 0. The lowest BCUT2D eigenvalue weighted by Crippen LogP contribution is -2.50. The molecule has 3 aromatic heterocycles. The molecule has 0 bridgehead atoms. The molecule has 0 aliphatic carbocycles. The van der Waals surface area contributed by atoms with Crippen LogP contribution >= 0.6 is 11.3 Å². The fourth-order valence-corrected chi connectivity index (χ4v) is 5.02. The molecule has 33 heavy (non-hydrogen) atoms. The van der Waals surface area contributed by atoms with Crippen LogP contribution in [0.3, 0.4) is 0 Å². The predicted molar refractivity (Wildman–Crippen MR) is 126 cm³/mol. The van der Waals surface area contributed by atoms with Crippen molar-refractivity contribution >= 4 is 39.3 Å². The molecule has 3 aromatic rings. The van der Waals surface area contributed by atoms with Gasteiger partial charge in [-0.05, 0) is 24.8 Å². The molecule has 0 spiro atoms. The Bertz CT molecular complexity index is 1190. The Labute approximate surface area is 195 Å². The number of fused-ring (bicyclic) bond motifs is 3. The summed E-state index contributed by atoms with van der Waals surface area (Å²) in [4.78, 5) is 41.1. The van der Waals surface area contributed by atoms with Gasteiger partial charge in [-0.3, -0.25) is 18.6 Å². The molecule has 0 aromatic carbocycles. The van der Waals surface area contributed by atoms with Crippen molar-refractivity contribution < 1.29 is 14.3 Å². The molecule has 10 nitrogen and oxygen atoms in total. The van der Waals surface area contributed by atoms with Crippen LogP contribution in [0, 0.1) is 0 Å². The number of hydrogen-bond donors (Lipinski definition) is 0. The van der Waals surface area contributed by atoms with E-state index >= 15 is 0 Å². The van der Waals surface area contributed by atoms with Crippen LogP contribution < -0.4 is 5.56 Å². The van der Waals surface area contributed by atoms with E-state index in [0.29, 0.717) is 68.5 Å². The van der Waals surface area contributed by atoms with Crippen molar-refractivity contribution in [3.63, 3.8) is 0 Å². The number of carbonyl (C=O) groups is 2. The van der Waals surface area contributed by atoms with Crippen LogP contribution in [0.4, 0.5) is 4.79 Å². The topological polar surface area (TPSA) is 102 Å². The van der Waals surface area contributed by atoms with Crippen LogP contribution in [0.1, 0.15) is 45.4 Å². The summed E-state index contributed by atoms with van der Waals surface area (Å²) in [5, 5.41) is 10.6. The van der Waals surface area contributed by atoms with Gasteiger partial charge in [0.15, 0.2) is 0 Å². The highest BCUT2D eigenvalue weighted by Gasteiger charge is 2.25. The fraction of sp³-hybridized carbons (Fsp3) is 0.591. The van der Waals surface area contributed by atoms with Gasteiger partial charge in [-0.1, -0.05) is 19.8 Å². The van der Waals surface area contributed by atoms with E-state index < -0.39 is 0 Å². The zero-order chi connectivity index (χ0) is 23.4. The summed E-state index contributed by atoms with van der Waals surface area (Å²) in [5.74, 6) is 1.23. The molecule has 4 heterocycles. The summed E-state index contributed by atoms with van der Waals surface area (Å²) in [5.41, 5.74) is 0.764. The molecule has 0 N–H and O–H groups in total. The third-order valence-electron chi connectivity index (χ3n) is 5.99. The van der Waals surface area contributed by atoms with E-state index in [9.17, 15) is 14.4 Å². The van der Waals surface area contributed by atoms with Crippen molar-refractivity contribution in [3.8, 4) is 0 Å². The summed E-state index contributed by atoms with van der Waals surface area (Å²) in [6, 6.07) is 1.91. The number of unbranched alkanes of at least 4 members (excludes halogenated alkanes) is 2. The minimum absolute atomic E-state index is 0.0214. The van der Waals surface area contributed by atoms with E-state index in [1.807, 2.05) is 15.8 Å². The van der Waals surface area contributed by atoms with Crippen LogP contribution in [-0.2, 0) is 22.5 Å². The Morgan fingerprint density at radius 3 is 2.58 bits per heavy atom. The summed E-state index contributed by atoms with van der Waals surface area (Å²) >= 11 is 1.42. The molecule has 0 saturated carbocycles. The van der Waals surface area contributed by atoms with Gasteiger partial charge in [0.05, 0.1) is 12.1 Å². The maximum Gasteiger partial charge on any atom is 0.409 e. The Morgan fingerprint density at radius 1 is 1.09 bits per heavy atom. The smallest absolute Gasteiger partial charge is 0.409 e. The van der Waals surface area contributed by atoms with Crippen molar-refractivity contribution in [2.45, 2.75) is 52.5 Å². The lowest BCUT2D eigenvalue weighted by molar-refractivity contribution is -0.132. The molecule has 0 atom stereocenters. The third kappa shape index (κ3) is 4.73. The second-order valence-corrected chi connectivity index (χ2v) is 9.03. The summed E-state index contributed by atoms with van der Waals surface area (Å²) in [6.07, 6.45) is 3.41. The molecule has 11 heteroatoms. The van der Waals surface area contributed by atoms with Gasteiger partial charge in [0.1, 0.15) is 10.5 Å². The normalized spacial score (nSPS) is 14.4. The van der Waals surface area contributed by atoms with Crippen LogP contribution in [-0.4, -0.2) is 73.8 Å². The zero-order valence-corrected chi connectivity index (χ0v) is 20.0. The van der Waals surface area contributed by atoms with Gasteiger partial charge in [-0.25, -0.2) is 4.79 Å².